The Morgan fingerprint density at radius 2 is 2.10 bits per heavy atom. The molecule has 0 radical (unpaired) electrons. The van der Waals surface area contributed by atoms with Gasteiger partial charge in [0.1, 0.15) is 0 Å². The lowest BCUT2D eigenvalue weighted by molar-refractivity contribution is 0.224. The highest BCUT2D eigenvalue weighted by atomic mass is 32.2. The second-order valence-electron chi connectivity index (χ2n) is 2.17. The molecule has 0 saturated heterocycles. The molecule has 0 aliphatic heterocycles. The van der Waals surface area contributed by atoms with Gasteiger partial charge in [0.15, 0.2) is 0 Å². The van der Waals surface area contributed by atoms with Crippen molar-refractivity contribution in [3.8, 4) is 0 Å². The van der Waals surface area contributed by atoms with Crippen LogP contribution in [0.3, 0.4) is 0 Å². The first-order chi connectivity index (χ1) is 4.68. The number of hydrogen-bond acceptors (Lipinski definition) is 3. The van der Waals surface area contributed by atoms with E-state index in [2.05, 4.69) is 0 Å². The van der Waals surface area contributed by atoms with Crippen molar-refractivity contribution in [3.63, 3.8) is 0 Å². The van der Waals surface area contributed by atoms with Gasteiger partial charge in [0.25, 0.3) is 0 Å². The lowest BCUT2D eigenvalue weighted by Crippen LogP contribution is -2.18. The first-order valence-electron chi connectivity index (χ1n) is 3.29. The van der Waals surface area contributed by atoms with Crippen molar-refractivity contribution >= 4 is 11.2 Å². The second-order valence-corrected chi connectivity index (χ2v) is 3.71. The summed E-state index contributed by atoms with van der Waals surface area (Å²) in [4.78, 5) is 0. The van der Waals surface area contributed by atoms with Gasteiger partial charge in [-0.3, -0.25) is 0 Å². The molecule has 0 fully saturated rings. The van der Waals surface area contributed by atoms with Gasteiger partial charge in [-0.15, -0.1) is 0 Å². The molecule has 0 rings (SSSR count). The van der Waals surface area contributed by atoms with Crippen LogP contribution < -0.4 is 0 Å². The molecule has 10 heavy (non-hydrogen) atoms. The number of rotatable bonds is 5. The molecule has 0 spiro atoms. The maximum absolute atomic E-state index is 10.5. The molecule has 3 nitrogen and oxygen atoms in total. The smallest absolute Gasteiger partial charge is 0.212 e. The summed E-state index contributed by atoms with van der Waals surface area (Å²) in [5.41, 5.74) is -0.716. The maximum Gasteiger partial charge on any atom is 0.212 e. The van der Waals surface area contributed by atoms with E-state index in [-0.39, 0.29) is 6.61 Å². The molecule has 2 N–H and O–H groups in total. The van der Waals surface area contributed by atoms with Crippen molar-refractivity contribution in [1.29, 1.82) is 0 Å². The Morgan fingerprint density at radius 3 is 2.50 bits per heavy atom. The van der Waals surface area contributed by atoms with Crippen molar-refractivity contribution < 1.29 is 14.8 Å². The highest BCUT2D eigenvalue weighted by Gasteiger charge is 2.11. The van der Waals surface area contributed by atoms with Crippen LogP contribution in [0.5, 0.6) is 0 Å². The van der Waals surface area contributed by atoms with E-state index in [1.807, 2.05) is 0 Å². The molecule has 0 aromatic heterocycles. The van der Waals surface area contributed by atoms with Gasteiger partial charge in [-0.2, -0.15) is 0 Å². The third-order valence-electron chi connectivity index (χ3n) is 1.24. The fourth-order valence-corrected chi connectivity index (χ4v) is 1.10. The summed E-state index contributed by atoms with van der Waals surface area (Å²) < 4.78 is 10.5. The lowest BCUT2D eigenvalue weighted by atomic mass is 10.2. The predicted molar refractivity (Wildman–Crippen MR) is 41.0 cm³/mol. The zero-order valence-corrected chi connectivity index (χ0v) is 6.93. The summed E-state index contributed by atoms with van der Waals surface area (Å²) >= 11 is -1.14. The standard InChI is InChI=1S/C6H14O3S/c1-10(9)6(8)4-2-3-5-7/h6-8H,2-5H2,1H3. The van der Waals surface area contributed by atoms with E-state index in [1.54, 1.807) is 0 Å². The molecule has 0 amide bonds. The SMILES string of the molecule is C[S+]([O-])C(O)CCCCO. The average Bonchev–Trinajstić information content (AvgIpc) is 1.88. The van der Waals surface area contributed by atoms with E-state index in [4.69, 9.17) is 10.2 Å². The van der Waals surface area contributed by atoms with Crippen LogP contribution in [0.25, 0.3) is 0 Å². The van der Waals surface area contributed by atoms with E-state index < -0.39 is 16.6 Å². The zero-order chi connectivity index (χ0) is 7.98. The minimum absolute atomic E-state index is 0.142. The van der Waals surface area contributed by atoms with Crippen LogP contribution in [0.2, 0.25) is 0 Å². The molecule has 0 heterocycles. The molecule has 0 aromatic rings. The predicted octanol–water partition coefficient (Wildman–Crippen LogP) is -0.154. The normalized spacial score (nSPS) is 16.8. The monoisotopic (exact) mass is 166 g/mol. The summed E-state index contributed by atoms with van der Waals surface area (Å²) in [6.07, 6.45) is 3.40. The fraction of sp³-hybridized carbons (Fsp3) is 1.00. The highest BCUT2D eigenvalue weighted by Crippen LogP contribution is 2.05. The molecule has 0 bridgehead atoms. The van der Waals surface area contributed by atoms with E-state index >= 15 is 0 Å². The Hall–Kier alpha value is 0.230. The third kappa shape index (κ3) is 5.05. The van der Waals surface area contributed by atoms with Crippen LogP contribution in [0, 0.1) is 0 Å². The Labute approximate surface area is 64.2 Å². The van der Waals surface area contributed by atoms with Crippen LogP contribution in [0.1, 0.15) is 19.3 Å². The summed E-state index contributed by atoms with van der Waals surface area (Å²) in [5, 5.41) is 17.3. The van der Waals surface area contributed by atoms with Crippen LogP contribution >= 0.6 is 0 Å². The number of unbranched alkanes of at least 4 members (excludes halogenated alkanes) is 1. The quantitative estimate of drug-likeness (QED) is 0.441. The Kier molecular flexibility index (Phi) is 6.11. The Balaban J connectivity index is 3.13. The Bertz CT molecular complexity index is 77.4. The summed E-state index contributed by atoms with van der Waals surface area (Å²) in [5.74, 6) is 0. The zero-order valence-electron chi connectivity index (χ0n) is 6.12. The van der Waals surface area contributed by atoms with Gasteiger partial charge in [0, 0.05) is 13.0 Å². The molecule has 0 saturated carbocycles. The number of aliphatic hydroxyl groups is 2. The van der Waals surface area contributed by atoms with E-state index in [0.29, 0.717) is 12.8 Å². The second kappa shape index (κ2) is 5.97. The van der Waals surface area contributed by atoms with Crippen molar-refractivity contribution in [2.24, 2.45) is 0 Å². The van der Waals surface area contributed by atoms with Crippen molar-refractivity contribution in [3.05, 3.63) is 0 Å². The van der Waals surface area contributed by atoms with Crippen molar-refractivity contribution in [1.82, 2.24) is 0 Å². The maximum atomic E-state index is 10.5. The first kappa shape index (κ1) is 10.2. The van der Waals surface area contributed by atoms with Gasteiger partial charge in [-0.1, -0.05) is 0 Å². The summed E-state index contributed by atoms with van der Waals surface area (Å²) in [7, 11) is 0. The summed E-state index contributed by atoms with van der Waals surface area (Å²) in [6.45, 7) is 0.142. The van der Waals surface area contributed by atoms with Gasteiger partial charge in [-0.25, -0.2) is 0 Å². The van der Waals surface area contributed by atoms with Crippen LogP contribution in [-0.2, 0) is 11.2 Å². The van der Waals surface area contributed by atoms with E-state index in [9.17, 15) is 4.55 Å². The van der Waals surface area contributed by atoms with Crippen LogP contribution in [0.4, 0.5) is 0 Å². The van der Waals surface area contributed by atoms with Gasteiger partial charge in [-0.05, 0) is 24.0 Å². The van der Waals surface area contributed by atoms with Crippen molar-refractivity contribution in [2.45, 2.75) is 24.7 Å². The number of hydrogen-bond donors (Lipinski definition) is 2. The molecular weight excluding hydrogens is 152 g/mol. The minimum atomic E-state index is -1.14. The molecule has 2 unspecified atom stereocenters. The van der Waals surface area contributed by atoms with Gasteiger partial charge < -0.3 is 14.8 Å². The molecule has 0 aliphatic carbocycles. The van der Waals surface area contributed by atoms with Crippen LogP contribution in [0.15, 0.2) is 0 Å². The average molecular weight is 166 g/mol. The topological polar surface area (TPSA) is 63.5 Å². The van der Waals surface area contributed by atoms with E-state index in [0.717, 1.165) is 6.42 Å². The number of aliphatic hydroxyl groups excluding tert-OH is 2. The van der Waals surface area contributed by atoms with Gasteiger partial charge in [0.2, 0.25) is 5.44 Å². The molecule has 0 aliphatic rings. The van der Waals surface area contributed by atoms with E-state index in [1.165, 1.54) is 6.26 Å². The van der Waals surface area contributed by atoms with Crippen LogP contribution in [-0.4, -0.2) is 33.1 Å². The first-order valence-corrected chi connectivity index (χ1v) is 4.91. The molecule has 2 atom stereocenters. The molecular formula is C6H14O3S. The molecule has 4 heteroatoms. The fourth-order valence-electron chi connectivity index (χ4n) is 0.597. The van der Waals surface area contributed by atoms with Gasteiger partial charge in [0.05, 0.1) is 6.26 Å². The summed E-state index contributed by atoms with van der Waals surface area (Å²) in [6, 6.07) is 0. The third-order valence-corrected chi connectivity index (χ3v) is 2.24. The molecule has 62 valence electrons. The largest absolute Gasteiger partial charge is 0.615 e. The Morgan fingerprint density at radius 1 is 1.50 bits per heavy atom. The molecule has 0 aromatic carbocycles. The van der Waals surface area contributed by atoms with Crippen molar-refractivity contribution in [2.75, 3.05) is 12.9 Å². The lowest BCUT2D eigenvalue weighted by Gasteiger charge is -2.11. The highest BCUT2D eigenvalue weighted by molar-refractivity contribution is 7.91. The van der Waals surface area contributed by atoms with Gasteiger partial charge >= 0.3 is 0 Å². The minimum Gasteiger partial charge on any atom is -0.615 e.